The molecule has 0 aliphatic carbocycles. The second-order valence-corrected chi connectivity index (χ2v) is 2.34. The third kappa shape index (κ3) is 10.4. The molecule has 0 aliphatic rings. The molecule has 74 valence electrons. The SMILES string of the molecule is C/C=C(\C)C(=O)O.C=C(C)C(=O)[O-]. The van der Waals surface area contributed by atoms with Crippen LogP contribution in [0, 0.1) is 0 Å². The second kappa shape index (κ2) is 7.09. The van der Waals surface area contributed by atoms with Gasteiger partial charge in [-0.3, -0.25) is 0 Å². The van der Waals surface area contributed by atoms with Crippen LogP contribution in [0.15, 0.2) is 23.8 Å². The van der Waals surface area contributed by atoms with Crippen LogP contribution >= 0.6 is 0 Å². The molecular weight excluding hydrogens is 172 g/mol. The highest BCUT2D eigenvalue weighted by molar-refractivity contribution is 5.85. The lowest BCUT2D eigenvalue weighted by Gasteiger charge is -1.93. The third-order valence-corrected chi connectivity index (χ3v) is 1.12. The summed E-state index contributed by atoms with van der Waals surface area (Å²) in [7, 11) is 0. The topological polar surface area (TPSA) is 77.4 Å². The molecule has 0 atom stereocenters. The van der Waals surface area contributed by atoms with Crippen LogP contribution in [0.1, 0.15) is 20.8 Å². The normalized spacial score (nSPS) is 9.62. The van der Waals surface area contributed by atoms with Gasteiger partial charge >= 0.3 is 5.97 Å². The lowest BCUT2D eigenvalue weighted by Crippen LogP contribution is -2.22. The van der Waals surface area contributed by atoms with Crippen molar-refractivity contribution in [1.29, 1.82) is 0 Å². The summed E-state index contributed by atoms with van der Waals surface area (Å²) in [5.41, 5.74) is 0.454. The predicted molar refractivity (Wildman–Crippen MR) is 46.9 cm³/mol. The van der Waals surface area contributed by atoms with E-state index in [1.54, 1.807) is 19.9 Å². The van der Waals surface area contributed by atoms with Gasteiger partial charge in [-0.2, -0.15) is 0 Å². The molecule has 0 amide bonds. The van der Waals surface area contributed by atoms with E-state index in [4.69, 9.17) is 5.11 Å². The van der Waals surface area contributed by atoms with E-state index in [2.05, 4.69) is 6.58 Å². The maximum absolute atomic E-state index is 9.86. The molecule has 0 heterocycles. The molecule has 1 N–H and O–H groups in total. The first kappa shape index (κ1) is 14.0. The molecule has 0 saturated heterocycles. The largest absolute Gasteiger partial charge is 0.545 e. The molecule has 0 spiro atoms. The minimum absolute atomic E-state index is 0.0648. The van der Waals surface area contributed by atoms with Crippen LogP contribution in [0.5, 0.6) is 0 Å². The Hall–Kier alpha value is -1.58. The van der Waals surface area contributed by atoms with E-state index in [9.17, 15) is 14.7 Å². The number of carboxylic acids is 2. The van der Waals surface area contributed by atoms with Crippen molar-refractivity contribution < 1.29 is 19.8 Å². The van der Waals surface area contributed by atoms with Gasteiger partial charge in [0.2, 0.25) is 0 Å². The van der Waals surface area contributed by atoms with Crippen LogP contribution in [0.2, 0.25) is 0 Å². The van der Waals surface area contributed by atoms with E-state index in [-0.39, 0.29) is 5.57 Å². The molecule has 4 heteroatoms. The number of carboxylic acid groups (broad SMARTS) is 2. The molecule has 13 heavy (non-hydrogen) atoms. The highest BCUT2D eigenvalue weighted by Gasteiger charge is 1.93. The van der Waals surface area contributed by atoms with E-state index < -0.39 is 11.9 Å². The van der Waals surface area contributed by atoms with E-state index >= 15 is 0 Å². The number of carbonyl (C=O) groups excluding carboxylic acids is 1. The summed E-state index contributed by atoms with van der Waals surface area (Å²) in [6, 6.07) is 0. The van der Waals surface area contributed by atoms with Crippen LogP contribution in [0.3, 0.4) is 0 Å². The maximum Gasteiger partial charge on any atom is 0.330 e. The zero-order valence-corrected chi connectivity index (χ0v) is 7.96. The highest BCUT2D eigenvalue weighted by atomic mass is 16.4. The quantitative estimate of drug-likeness (QED) is 0.629. The average Bonchev–Trinajstić information content (AvgIpc) is 2.03. The Balaban J connectivity index is 0. The van der Waals surface area contributed by atoms with Crippen molar-refractivity contribution in [1.82, 2.24) is 0 Å². The van der Waals surface area contributed by atoms with Crippen LogP contribution in [0.25, 0.3) is 0 Å². The number of aliphatic carboxylic acids is 2. The van der Waals surface area contributed by atoms with Gasteiger partial charge in [-0.25, -0.2) is 4.79 Å². The van der Waals surface area contributed by atoms with Crippen LogP contribution in [-0.4, -0.2) is 17.0 Å². The molecule has 0 unspecified atom stereocenters. The molecule has 0 aromatic heterocycles. The first-order valence-electron chi connectivity index (χ1n) is 3.56. The number of carbonyl (C=O) groups is 2. The van der Waals surface area contributed by atoms with Gasteiger partial charge in [-0.15, -0.1) is 0 Å². The summed E-state index contributed by atoms with van der Waals surface area (Å²) >= 11 is 0. The fraction of sp³-hybridized carbons (Fsp3) is 0.333. The second-order valence-electron chi connectivity index (χ2n) is 2.34. The fourth-order valence-corrected chi connectivity index (χ4v) is 0.123. The van der Waals surface area contributed by atoms with Gasteiger partial charge < -0.3 is 15.0 Å². The molecule has 0 aromatic carbocycles. The van der Waals surface area contributed by atoms with Crippen molar-refractivity contribution in [2.45, 2.75) is 20.8 Å². The molecule has 0 radical (unpaired) electrons. The Morgan fingerprint density at radius 2 is 1.69 bits per heavy atom. The summed E-state index contributed by atoms with van der Waals surface area (Å²) in [5.74, 6) is -2.03. The van der Waals surface area contributed by atoms with E-state index in [0.717, 1.165) is 0 Å². The lowest BCUT2D eigenvalue weighted by atomic mass is 10.3. The van der Waals surface area contributed by atoms with Crippen LogP contribution in [0.4, 0.5) is 0 Å². The Kier molecular flexibility index (Phi) is 7.62. The first-order chi connectivity index (χ1) is 5.82. The summed E-state index contributed by atoms with van der Waals surface area (Å²) in [4.78, 5) is 19.4. The molecule has 0 aromatic rings. The summed E-state index contributed by atoms with van der Waals surface area (Å²) in [6.07, 6.45) is 1.56. The van der Waals surface area contributed by atoms with Crippen LogP contribution < -0.4 is 5.11 Å². The van der Waals surface area contributed by atoms with Crippen molar-refractivity contribution >= 4 is 11.9 Å². The number of allylic oxidation sites excluding steroid dienone is 1. The Morgan fingerprint density at radius 1 is 1.38 bits per heavy atom. The molecule has 4 nitrogen and oxygen atoms in total. The van der Waals surface area contributed by atoms with Gasteiger partial charge in [0.15, 0.2) is 0 Å². The highest BCUT2D eigenvalue weighted by Crippen LogP contribution is 1.87. The molecule has 0 bridgehead atoms. The standard InChI is InChI=1S/C5H8O2.C4H6O2/c1-3-4(2)5(6)7;1-3(2)4(5)6/h3H,1-2H3,(H,6,7);1H2,2H3,(H,5,6)/p-1/b4-3+;. The smallest absolute Gasteiger partial charge is 0.330 e. The van der Waals surface area contributed by atoms with Crippen molar-refractivity contribution in [2.75, 3.05) is 0 Å². The monoisotopic (exact) mass is 185 g/mol. The summed E-state index contributed by atoms with van der Waals surface area (Å²) < 4.78 is 0. The minimum Gasteiger partial charge on any atom is -0.545 e. The predicted octanol–water partition coefficient (Wildman–Crippen LogP) is 0.350. The van der Waals surface area contributed by atoms with Crippen LogP contribution in [-0.2, 0) is 9.59 Å². The Labute approximate surface area is 77.2 Å². The van der Waals surface area contributed by atoms with E-state index in [0.29, 0.717) is 5.57 Å². The number of rotatable bonds is 2. The molecule has 0 saturated carbocycles. The number of hydrogen-bond donors (Lipinski definition) is 1. The molecule has 0 aliphatic heterocycles. The zero-order chi connectivity index (χ0) is 11.0. The Morgan fingerprint density at radius 3 is 1.69 bits per heavy atom. The van der Waals surface area contributed by atoms with Gasteiger partial charge in [0.05, 0.1) is 5.97 Å². The van der Waals surface area contributed by atoms with Gasteiger partial charge in [-0.05, 0) is 26.3 Å². The zero-order valence-electron chi connectivity index (χ0n) is 7.96. The van der Waals surface area contributed by atoms with Gasteiger partial charge in [0, 0.05) is 5.57 Å². The van der Waals surface area contributed by atoms with Gasteiger partial charge in [0.25, 0.3) is 0 Å². The Bertz CT molecular complexity index is 226. The third-order valence-electron chi connectivity index (χ3n) is 1.12. The summed E-state index contributed by atoms with van der Waals surface area (Å²) in [5, 5.41) is 17.6. The first-order valence-corrected chi connectivity index (χ1v) is 3.56. The average molecular weight is 185 g/mol. The van der Waals surface area contributed by atoms with Crippen molar-refractivity contribution in [2.24, 2.45) is 0 Å². The summed E-state index contributed by atoms with van der Waals surface area (Å²) in [6.45, 7) is 7.73. The van der Waals surface area contributed by atoms with Gasteiger partial charge in [0.1, 0.15) is 0 Å². The minimum atomic E-state index is -1.19. The van der Waals surface area contributed by atoms with Crippen molar-refractivity contribution in [3.05, 3.63) is 23.8 Å². The molecular formula is C9H13O4-. The van der Waals surface area contributed by atoms with Crippen molar-refractivity contribution in [3.8, 4) is 0 Å². The maximum atomic E-state index is 9.86. The van der Waals surface area contributed by atoms with E-state index in [1.165, 1.54) is 6.92 Å². The lowest BCUT2D eigenvalue weighted by molar-refractivity contribution is -0.299. The molecule has 0 rings (SSSR count). The fourth-order valence-electron chi connectivity index (χ4n) is 0.123. The van der Waals surface area contributed by atoms with Gasteiger partial charge in [-0.1, -0.05) is 12.7 Å². The van der Waals surface area contributed by atoms with Crippen molar-refractivity contribution in [3.63, 3.8) is 0 Å². The number of hydrogen-bond acceptors (Lipinski definition) is 3. The van der Waals surface area contributed by atoms with E-state index in [1.807, 2.05) is 0 Å². The molecule has 0 fully saturated rings.